The second-order valence-corrected chi connectivity index (χ2v) is 6.96. The molecule has 7 heteroatoms. The van der Waals surface area contributed by atoms with Gasteiger partial charge in [-0.15, -0.1) is 24.8 Å². The van der Waals surface area contributed by atoms with Crippen molar-refractivity contribution < 1.29 is 4.79 Å². The van der Waals surface area contributed by atoms with Gasteiger partial charge in [-0.25, -0.2) is 0 Å². The number of hydrogen-bond donors (Lipinski definition) is 2. The lowest BCUT2D eigenvalue weighted by molar-refractivity contribution is -0.116. The molecule has 1 aromatic rings. The predicted octanol–water partition coefficient (Wildman–Crippen LogP) is 3.33. The van der Waals surface area contributed by atoms with Gasteiger partial charge in [-0.05, 0) is 44.1 Å². The molecule has 0 unspecified atom stereocenters. The highest BCUT2D eigenvalue weighted by atomic mass is 35.5. The summed E-state index contributed by atoms with van der Waals surface area (Å²) in [5, 5.41) is 6.12. The normalized spacial score (nSPS) is 14.4. The molecule has 0 bridgehead atoms. The van der Waals surface area contributed by atoms with E-state index in [0.717, 1.165) is 38.3 Å². The van der Waals surface area contributed by atoms with E-state index in [1.165, 1.54) is 22.6 Å². The van der Waals surface area contributed by atoms with Crippen molar-refractivity contribution in [3.05, 3.63) is 29.3 Å². The number of carbonyl (C=O) groups is 1. The highest BCUT2D eigenvalue weighted by Crippen LogP contribution is 2.22. The summed E-state index contributed by atoms with van der Waals surface area (Å²) in [5.41, 5.74) is 3.47. The van der Waals surface area contributed by atoms with Gasteiger partial charge >= 0.3 is 0 Å². The van der Waals surface area contributed by atoms with Crippen LogP contribution in [-0.4, -0.2) is 49.0 Å². The van der Waals surface area contributed by atoms with E-state index in [2.05, 4.69) is 28.5 Å². The standard InChI is InChI=1S/C17H27N3OS.2ClH/c1-14-15(13-20-9-11-22-12-10-20)5-3-6-16(14)19-17(21)7-4-8-18-2;;/h3,5-6,18H,4,7-13H2,1-2H3,(H,19,21);2*1H. The molecule has 0 radical (unpaired) electrons. The van der Waals surface area contributed by atoms with Crippen LogP contribution in [0.2, 0.25) is 0 Å². The summed E-state index contributed by atoms with van der Waals surface area (Å²) in [6, 6.07) is 6.22. The first kappa shape index (κ1) is 23.5. The van der Waals surface area contributed by atoms with Crippen molar-refractivity contribution >= 4 is 48.2 Å². The Morgan fingerprint density at radius 2 is 1.96 bits per heavy atom. The van der Waals surface area contributed by atoms with Crippen molar-refractivity contribution in [2.75, 3.05) is 43.5 Å². The lowest BCUT2D eigenvalue weighted by Gasteiger charge is -2.27. The molecule has 2 rings (SSSR count). The van der Waals surface area contributed by atoms with E-state index in [-0.39, 0.29) is 30.7 Å². The number of nitrogens with one attached hydrogen (secondary N) is 2. The number of anilines is 1. The highest BCUT2D eigenvalue weighted by molar-refractivity contribution is 7.99. The second kappa shape index (κ2) is 12.8. The molecule has 1 aliphatic heterocycles. The Morgan fingerprint density at radius 1 is 1.25 bits per heavy atom. The maximum absolute atomic E-state index is 12.0. The number of halogens is 2. The van der Waals surface area contributed by atoms with Gasteiger partial charge in [-0.3, -0.25) is 9.69 Å². The quantitative estimate of drug-likeness (QED) is 0.697. The Kier molecular flexibility index (Phi) is 12.6. The van der Waals surface area contributed by atoms with Gasteiger partial charge in [0.05, 0.1) is 0 Å². The minimum atomic E-state index is 0. The Labute approximate surface area is 162 Å². The molecular formula is C17H29Cl2N3OS. The molecule has 1 saturated heterocycles. The fraction of sp³-hybridized carbons (Fsp3) is 0.588. The average molecular weight is 394 g/mol. The van der Waals surface area contributed by atoms with Crippen LogP contribution in [0.4, 0.5) is 5.69 Å². The molecule has 0 aliphatic carbocycles. The van der Waals surface area contributed by atoms with Crippen LogP contribution in [-0.2, 0) is 11.3 Å². The van der Waals surface area contributed by atoms with Gasteiger partial charge in [-0.2, -0.15) is 11.8 Å². The van der Waals surface area contributed by atoms with Crippen LogP contribution < -0.4 is 10.6 Å². The van der Waals surface area contributed by atoms with Crippen LogP contribution in [0.1, 0.15) is 24.0 Å². The first-order valence-electron chi connectivity index (χ1n) is 8.03. The molecule has 138 valence electrons. The van der Waals surface area contributed by atoms with Crippen LogP contribution >= 0.6 is 36.6 Å². The van der Waals surface area contributed by atoms with Crippen molar-refractivity contribution in [1.82, 2.24) is 10.2 Å². The number of benzene rings is 1. The smallest absolute Gasteiger partial charge is 0.224 e. The van der Waals surface area contributed by atoms with Crippen LogP contribution in [0.15, 0.2) is 18.2 Å². The van der Waals surface area contributed by atoms with E-state index in [9.17, 15) is 4.79 Å². The van der Waals surface area contributed by atoms with Gasteiger partial charge in [0.2, 0.25) is 5.91 Å². The largest absolute Gasteiger partial charge is 0.326 e. The summed E-state index contributed by atoms with van der Waals surface area (Å²) in [4.78, 5) is 14.5. The third kappa shape index (κ3) is 7.62. The van der Waals surface area contributed by atoms with E-state index < -0.39 is 0 Å². The summed E-state index contributed by atoms with van der Waals surface area (Å²) in [7, 11) is 1.91. The number of rotatable bonds is 7. The zero-order chi connectivity index (χ0) is 15.8. The third-order valence-electron chi connectivity index (χ3n) is 4.05. The minimum absolute atomic E-state index is 0. The number of carbonyl (C=O) groups excluding carboxylic acids is 1. The maximum Gasteiger partial charge on any atom is 0.224 e. The molecule has 24 heavy (non-hydrogen) atoms. The number of nitrogens with zero attached hydrogens (tertiary/aromatic N) is 1. The first-order valence-corrected chi connectivity index (χ1v) is 9.19. The van der Waals surface area contributed by atoms with Gasteiger partial charge in [-0.1, -0.05) is 12.1 Å². The summed E-state index contributed by atoms with van der Waals surface area (Å²) < 4.78 is 0. The molecule has 0 aromatic heterocycles. The summed E-state index contributed by atoms with van der Waals surface area (Å²) in [5.74, 6) is 2.55. The molecule has 1 fully saturated rings. The van der Waals surface area contributed by atoms with Crippen molar-refractivity contribution in [2.45, 2.75) is 26.3 Å². The number of amides is 1. The maximum atomic E-state index is 12.0. The van der Waals surface area contributed by atoms with E-state index >= 15 is 0 Å². The zero-order valence-corrected chi connectivity index (χ0v) is 16.9. The van der Waals surface area contributed by atoms with Crippen LogP contribution in [0.5, 0.6) is 0 Å². The van der Waals surface area contributed by atoms with Crippen LogP contribution in [0.3, 0.4) is 0 Å². The average Bonchev–Trinajstić information content (AvgIpc) is 2.52. The first-order chi connectivity index (χ1) is 10.7. The SMILES string of the molecule is CNCCCC(=O)Nc1cccc(CN2CCSCC2)c1C.Cl.Cl. The summed E-state index contributed by atoms with van der Waals surface area (Å²) >= 11 is 2.03. The van der Waals surface area contributed by atoms with Crippen molar-refractivity contribution in [3.63, 3.8) is 0 Å². The third-order valence-corrected chi connectivity index (χ3v) is 4.99. The minimum Gasteiger partial charge on any atom is -0.326 e. The Balaban J connectivity index is 0.00000264. The van der Waals surface area contributed by atoms with Crippen molar-refractivity contribution in [2.24, 2.45) is 0 Å². The molecule has 1 amide bonds. The highest BCUT2D eigenvalue weighted by Gasteiger charge is 2.13. The molecule has 4 nitrogen and oxygen atoms in total. The van der Waals surface area contributed by atoms with E-state index in [1.54, 1.807) is 0 Å². The molecule has 0 atom stereocenters. The lowest BCUT2D eigenvalue weighted by Crippen LogP contribution is -2.32. The van der Waals surface area contributed by atoms with E-state index in [4.69, 9.17) is 0 Å². The fourth-order valence-electron chi connectivity index (χ4n) is 2.63. The molecule has 0 saturated carbocycles. The molecule has 1 aromatic carbocycles. The van der Waals surface area contributed by atoms with Crippen molar-refractivity contribution in [1.29, 1.82) is 0 Å². The monoisotopic (exact) mass is 393 g/mol. The van der Waals surface area contributed by atoms with Gasteiger partial charge in [0.25, 0.3) is 0 Å². The summed E-state index contributed by atoms with van der Waals surface area (Å²) in [6.07, 6.45) is 1.43. The van der Waals surface area contributed by atoms with Crippen LogP contribution in [0, 0.1) is 6.92 Å². The van der Waals surface area contributed by atoms with Gasteiger partial charge in [0.1, 0.15) is 0 Å². The topological polar surface area (TPSA) is 44.4 Å². The molecule has 0 spiro atoms. The Hall–Kier alpha value is -0.460. The molecule has 1 aliphatic rings. The Bertz CT molecular complexity index is 497. The summed E-state index contributed by atoms with van der Waals surface area (Å²) in [6.45, 7) is 6.28. The number of thioether (sulfide) groups is 1. The number of hydrogen-bond acceptors (Lipinski definition) is 4. The predicted molar refractivity (Wildman–Crippen MR) is 110 cm³/mol. The van der Waals surface area contributed by atoms with Gasteiger partial charge in [0.15, 0.2) is 0 Å². The van der Waals surface area contributed by atoms with Crippen LogP contribution in [0.25, 0.3) is 0 Å². The molecule has 2 N–H and O–H groups in total. The Morgan fingerprint density at radius 3 is 2.62 bits per heavy atom. The zero-order valence-electron chi connectivity index (χ0n) is 14.5. The van der Waals surface area contributed by atoms with E-state index in [1.807, 2.05) is 30.9 Å². The second-order valence-electron chi connectivity index (χ2n) is 5.73. The van der Waals surface area contributed by atoms with Gasteiger partial charge in [0, 0.05) is 43.2 Å². The van der Waals surface area contributed by atoms with Crippen molar-refractivity contribution in [3.8, 4) is 0 Å². The van der Waals surface area contributed by atoms with Gasteiger partial charge < -0.3 is 10.6 Å². The van der Waals surface area contributed by atoms with E-state index in [0.29, 0.717) is 6.42 Å². The molecule has 1 heterocycles. The lowest BCUT2D eigenvalue weighted by atomic mass is 10.1. The fourth-order valence-corrected chi connectivity index (χ4v) is 3.61. The molecular weight excluding hydrogens is 365 g/mol.